The first-order valence-corrected chi connectivity index (χ1v) is 7.28. The zero-order valence-corrected chi connectivity index (χ0v) is 10.4. The van der Waals surface area contributed by atoms with Gasteiger partial charge < -0.3 is 9.84 Å². The first-order valence-electron chi connectivity index (χ1n) is 6.23. The molecular formula is C12H20O3S. The molecule has 2 aliphatic rings. The molecule has 3 nitrogen and oxygen atoms in total. The lowest BCUT2D eigenvalue weighted by atomic mass is 9.89. The predicted octanol–water partition coefficient (Wildman–Crippen LogP) is 2.54. The smallest absolute Gasteiger partial charge is 0.307 e. The lowest BCUT2D eigenvalue weighted by Crippen LogP contribution is -2.30. The fraction of sp³-hybridized carbons (Fsp3) is 0.917. The van der Waals surface area contributed by atoms with E-state index in [0.29, 0.717) is 11.4 Å². The van der Waals surface area contributed by atoms with Crippen molar-refractivity contribution >= 4 is 17.7 Å². The van der Waals surface area contributed by atoms with Crippen molar-refractivity contribution in [2.45, 2.75) is 49.9 Å². The number of carbonyl (C=O) groups is 1. The molecule has 0 aromatic heterocycles. The van der Waals surface area contributed by atoms with E-state index in [1.807, 2.05) is 11.8 Å². The molecule has 3 atom stereocenters. The summed E-state index contributed by atoms with van der Waals surface area (Å²) in [6, 6.07) is 0. The second-order valence-corrected chi connectivity index (χ2v) is 6.01. The quantitative estimate of drug-likeness (QED) is 0.825. The van der Waals surface area contributed by atoms with Gasteiger partial charge in [0.2, 0.25) is 0 Å². The van der Waals surface area contributed by atoms with Gasteiger partial charge in [0.05, 0.1) is 12.0 Å². The van der Waals surface area contributed by atoms with Crippen LogP contribution < -0.4 is 0 Å². The average Bonchev–Trinajstić information content (AvgIpc) is 2.79. The predicted molar refractivity (Wildman–Crippen MR) is 64.8 cm³/mol. The fourth-order valence-corrected chi connectivity index (χ4v) is 4.13. The van der Waals surface area contributed by atoms with Gasteiger partial charge in [-0.3, -0.25) is 4.79 Å². The van der Waals surface area contributed by atoms with Gasteiger partial charge in [0, 0.05) is 17.6 Å². The van der Waals surface area contributed by atoms with Gasteiger partial charge in [-0.1, -0.05) is 12.8 Å². The molecule has 4 heteroatoms. The molecule has 1 aliphatic heterocycles. The molecule has 2 fully saturated rings. The van der Waals surface area contributed by atoms with E-state index < -0.39 is 5.97 Å². The van der Waals surface area contributed by atoms with Gasteiger partial charge in [-0.25, -0.2) is 0 Å². The minimum Gasteiger partial charge on any atom is -0.481 e. The summed E-state index contributed by atoms with van der Waals surface area (Å²) in [4.78, 5) is 11.1. The largest absolute Gasteiger partial charge is 0.481 e. The third kappa shape index (κ3) is 3.14. The lowest BCUT2D eigenvalue weighted by molar-refractivity contribution is -0.142. The highest BCUT2D eigenvalue weighted by Gasteiger charge is 2.31. The van der Waals surface area contributed by atoms with Gasteiger partial charge >= 0.3 is 5.97 Å². The van der Waals surface area contributed by atoms with Crippen LogP contribution in [0.25, 0.3) is 0 Å². The van der Waals surface area contributed by atoms with Crippen LogP contribution in [0.4, 0.5) is 0 Å². The highest BCUT2D eigenvalue weighted by molar-refractivity contribution is 8.00. The van der Waals surface area contributed by atoms with Crippen molar-refractivity contribution in [2.24, 2.45) is 5.92 Å². The number of carboxylic acids is 1. The minimum atomic E-state index is -0.607. The van der Waals surface area contributed by atoms with Crippen LogP contribution in [0.3, 0.4) is 0 Å². The number of hydrogen-bond acceptors (Lipinski definition) is 3. The number of ether oxygens (including phenoxy) is 1. The van der Waals surface area contributed by atoms with Crippen molar-refractivity contribution in [3.05, 3.63) is 0 Å². The van der Waals surface area contributed by atoms with Crippen molar-refractivity contribution in [1.82, 2.24) is 0 Å². The number of aliphatic carboxylic acids is 1. The molecule has 1 heterocycles. The van der Waals surface area contributed by atoms with E-state index in [4.69, 9.17) is 9.84 Å². The standard InChI is InChI=1S/C12H20O3S/c13-12(14)10-5-1-2-6-11(10)16-8-9-4-3-7-15-9/h9-11H,1-8H2,(H,13,14). The van der Waals surface area contributed by atoms with E-state index in [1.165, 1.54) is 6.42 Å². The highest BCUT2D eigenvalue weighted by atomic mass is 32.2. The van der Waals surface area contributed by atoms with Gasteiger partial charge in [-0.05, 0) is 25.7 Å². The number of rotatable bonds is 4. The van der Waals surface area contributed by atoms with Crippen LogP contribution >= 0.6 is 11.8 Å². The second-order valence-electron chi connectivity index (χ2n) is 4.74. The molecule has 1 saturated heterocycles. The molecule has 0 spiro atoms. The molecule has 92 valence electrons. The minimum absolute atomic E-state index is 0.125. The van der Waals surface area contributed by atoms with E-state index in [9.17, 15) is 4.79 Å². The second kappa shape index (κ2) is 5.92. The van der Waals surface area contributed by atoms with Gasteiger partial charge in [0.15, 0.2) is 0 Å². The SMILES string of the molecule is O=C(O)C1CCCCC1SCC1CCCO1. The van der Waals surface area contributed by atoms with Crippen molar-refractivity contribution < 1.29 is 14.6 Å². The summed E-state index contributed by atoms with van der Waals surface area (Å²) in [5.41, 5.74) is 0. The Kier molecular flexibility index (Phi) is 4.53. The molecule has 1 N–H and O–H groups in total. The van der Waals surface area contributed by atoms with Crippen LogP contribution in [0, 0.1) is 5.92 Å². The van der Waals surface area contributed by atoms with Crippen LogP contribution in [0.5, 0.6) is 0 Å². The van der Waals surface area contributed by atoms with Crippen LogP contribution in [0.2, 0.25) is 0 Å². The number of hydrogen-bond donors (Lipinski definition) is 1. The molecule has 1 saturated carbocycles. The van der Waals surface area contributed by atoms with Crippen molar-refractivity contribution in [3.63, 3.8) is 0 Å². The zero-order valence-electron chi connectivity index (χ0n) is 9.56. The summed E-state index contributed by atoms with van der Waals surface area (Å²) in [5, 5.41) is 9.47. The summed E-state index contributed by atoms with van der Waals surface area (Å²) in [7, 11) is 0. The Balaban J connectivity index is 1.78. The summed E-state index contributed by atoms with van der Waals surface area (Å²) in [6.07, 6.45) is 6.88. The topological polar surface area (TPSA) is 46.5 Å². The summed E-state index contributed by atoms with van der Waals surface area (Å²) in [5.74, 6) is 0.249. The van der Waals surface area contributed by atoms with Gasteiger partial charge in [-0.2, -0.15) is 11.8 Å². The maximum atomic E-state index is 11.1. The Morgan fingerprint density at radius 3 is 2.75 bits per heavy atom. The lowest BCUT2D eigenvalue weighted by Gasteiger charge is -2.28. The molecule has 0 radical (unpaired) electrons. The Labute approximate surface area is 101 Å². The maximum Gasteiger partial charge on any atom is 0.307 e. The maximum absolute atomic E-state index is 11.1. The van der Waals surface area contributed by atoms with E-state index >= 15 is 0 Å². The molecule has 16 heavy (non-hydrogen) atoms. The molecule has 0 amide bonds. The fourth-order valence-electron chi connectivity index (χ4n) is 2.59. The third-order valence-corrected chi connectivity index (χ3v) is 5.10. The third-order valence-electron chi connectivity index (χ3n) is 3.54. The van der Waals surface area contributed by atoms with Gasteiger partial charge in [0.1, 0.15) is 0 Å². The summed E-state index contributed by atoms with van der Waals surface area (Å²) in [6.45, 7) is 0.887. The summed E-state index contributed by atoms with van der Waals surface area (Å²) >= 11 is 1.83. The Hall–Kier alpha value is -0.220. The Morgan fingerprint density at radius 2 is 2.06 bits per heavy atom. The normalized spacial score (nSPS) is 35.1. The van der Waals surface area contributed by atoms with Gasteiger partial charge in [0.25, 0.3) is 0 Å². The average molecular weight is 244 g/mol. The first kappa shape index (κ1) is 12.2. The molecule has 0 bridgehead atoms. The number of thioether (sulfide) groups is 1. The first-order chi connectivity index (χ1) is 7.77. The van der Waals surface area contributed by atoms with Crippen molar-refractivity contribution in [2.75, 3.05) is 12.4 Å². The molecule has 0 aromatic carbocycles. The van der Waals surface area contributed by atoms with Crippen molar-refractivity contribution in [1.29, 1.82) is 0 Å². The molecule has 3 unspecified atom stereocenters. The molecule has 0 aromatic rings. The van der Waals surface area contributed by atoms with Gasteiger partial charge in [-0.15, -0.1) is 0 Å². The molecular weight excluding hydrogens is 224 g/mol. The highest BCUT2D eigenvalue weighted by Crippen LogP contribution is 2.35. The van der Waals surface area contributed by atoms with E-state index in [1.54, 1.807) is 0 Å². The van der Waals surface area contributed by atoms with E-state index in [2.05, 4.69) is 0 Å². The molecule has 2 rings (SSSR count). The monoisotopic (exact) mass is 244 g/mol. The summed E-state index contributed by atoms with van der Waals surface area (Å²) < 4.78 is 5.57. The van der Waals surface area contributed by atoms with Crippen molar-refractivity contribution in [3.8, 4) is 0 Å². The molecule has 1 aliphatic carbocycles. The van der Waals surface area contributed by atoms with Crippen LogP contribution in [0.1, 0.15) is 38.5 Å². The van der Waals surface area contributed by atoms with Crippen LogP contribution in [0.15, 0.2) is 0 Å². The van der Waals surface area contributed by atoms with Crippen LogP contribution in [-0.2, 0) is 9.53 Å². The van der Waals surface area contributed by atoms with E-state index in [0.717, 1.165) is 44.5 Å². The Bertz CT molecular complexity index is 238. The zero-order chi connectivity index (χ0) is 11.4. The van der Waals surface area contributed by atoms with E-state index in [-0.39, 0.29) is 5.92 Å². The Morgan fingerprint density at radius 1 is 1.25 bits per heavy atom. The van der Waals surface area contributed by atoms with Crippen LogP contribution in [-0.4, -0.2) is 34.8 Å². The number of carboxylic acid groups (broad SMARTS) is 1.